The molecule has 0 radical (unpaired) electrons. The van der Waals surface area contributed by atoms with Crippen LogP contribution in [0.4, 0.5) is 5.69 Å². The summed E-state index contributed by atoms with van der Waals surface area (Å²) < 4.78 is 5.52. The molecule has 0 bridgehead atoms. The van der Waals surface area contributed by atoms with Crippen molar-refractivity contribution in [2.75, 3.05) is 5.32 Å². The lowest BCUT2D eigenvalue weighted by molar-refractivity contribution is -0.134. The van der Waals surface area contributed by atoms with Crippen molar-refractivity contribution in [2.24, 2.45) is 0 Å². The highest BCUT2D eigenvalue weighted by Gasteiger charge is 2.18. The quantitative estimate of drug-likeness (QED) is 0.628. The molecular weight excluding hydrogens is 344 g/mol. The number of carbonyl (C=O) groups is 3. The molecule has 2 aromatic carbocycles. The minimum atomic E-state index is -0.656. The van der Waals surface area contributed by atoms with Crippen LogP contribution in [-0.4, -0.2) is 23.6 Å². The number of carbonyl (C=O) groups excluding carboxylic acids is 3. The molecule has 138 valence electrons. The molecule has 6 heteroatoms. The van der Waals surface area contributed by atoms with Crippen LogP contribution in [0.3, 0.4) is 0 Å². The Morgan fingerprint density at radius 2 is 1.70 bits per heavy atom. The van der Waals surface area contributed by atoms with Gasteiger partial charge >= 0.3 is 0 Å². The van der Waals surface area contributed by atoms with Crippen LogP contribution in [0.25, 0.3) is 11.0 Å². The zero-order valence-corrected chi connectivity index (χ0v) is 14.9. The third kappa shape index (κ3) is 4.82. The van der Waals surface area contributed by atoms with Gasteiger partial charge < -0.3 is 15.1 Å². The summed E-state index contributed by atoms with van der Waals surface area (Å²) in [5, 5.41) is 6.19. The second-order valence-corrected chi connectivity index (χ2v) is 6.30. The van der Waals surface area contributed by atoms with Crippen LogP contribution in [0, 0.1) is 0 Å². The summed E-state index contributed by atoms with van der Waals surface area (Å²) in [6.07, 6.45) is 0.396. The van der Waals surface area contributed by atoms with Gasteiger partial charge in [0.15, 0.2) is 5.76 Å². The van der Waals surface area contributed by atoms with E-state index in [9.17, 15) is 14.4 Å². The van der Waals surface area contributed by atoms with Crippen molar-refractivity contribution in [2.45, 2.75) is 25.8 Å². The van der Waals surface area contributed by atoms with Crippen LogP contribution in [0.15, 0.2) is 65.1 Å². The predicted octanol–water partition coefficient (Wildman–Crippen LogP) is 3.54. The van der Waals surface area contributed by atoms with E-state index in [4.69, 9.17) is 4.42 Å². The zero-order chi connectivity index (χ0) is 19.2. The molecule has 1 atom stereocenters. The molecule has 0 aliphatic rings. The van der Waals surface area contributed by atoms with Gasteiger partial charge in [-0.25, -0.2) is 0 Å². The van der Waals surface area contributed by atoms with Gasteiger partial charge in [0.1, 0.15) is 5.58 Å². The number of hydrogen-bond acceptors (Lipinski definition) is 4. The van der Waals surface area contributed by atoms with Gasteiger partial charge in [-0.3, -0.25) is 14.4 Å². The molecule has 0 aliphatic carbocycles. The van der Waals surface area contributed by atoms with Crippen molar-refractivity contribution < 1.29 is 18.8 Å². The summed E-state index contributed by atoms with van der Waals surface area (Å²) in [5.41, 5.74) is 1.21. The summed E-state index contributed by atoms with van der Waals surface area (Å²) in [6, 6.07) is 17.5. The summed E-state index contributed by atoms with van der Waals surface area (Å²) in [7, 11) is 0. The number of Topliss-reactive ketones (excluding diaryl/α,β-unsaturated/α-hetero) is 1. The number of amides is 2. The first-order valence-corrected chi connectivity index (χ1v) is 8.71. The fourth-order valence-corrected chi connectivity index (χ4v) is 2.64. The number of fused-ring (bicyclic) bond motifs is 1. The molecule has 3 rings (SSSR count). The number of anilines is 1. The van der Waals surface area contributed by atoms with E-state index >= 15 is 0 Å². The van der Waals surface area contributed by atoms with Crippen LogP contribution in [0.2, 0.25) is 0 Å². The molecule has 27 heavy (non-hydrogen) atoms. The highest BCUT2D eigenvalue weighted by molar-refractivity contribution is 6.40. The maximum atomic E-state index is 12.3. The standard InChI is InChI=1S/C21H20N2O4/c1-14(11-12-17(24)20(25)23-16-8-3-2-4-9-16)22-21(26)19-13-15-7-5-6-10-18(15)27-19/h2-10,13-14H,11-12H2,1H3,(H,22,26)(H,23,25)/t14-/m1/s1. The first kappa shape index (κ1) is 18.4. The maximum absolute atomic E-state index is 12.3. The first-order chi connectivity index (χ1) is 13.0. The number of benzene rings is 2. The lowest BCUT2D eigenvalue weighted by Crippen LogP contribution is -2.33. The lowest BCUT2D eigenvalue weighted by Gasteiger charge is -2.12. The van der Waals surface area contributed by atoms with Gasteiger partial charge in [0.05, 0.1) is 0 Å². The molecule has 1 aromatic heterocycles. The van der Waals surface area contributed by atoms with Gasteiger partial charge in [0, 0.05) is 23.5 Å². The Morgan fingerprint density at radius 1 is 1.00 bits per heavy atom. The summed E-state index contributed by atoms with van der Waals surface area (Å²) in [6.45, 7) is 1.78. The average molecular weight is 364 g/mol. The Morgan fingerprint density at radius 3 is 2.44 bits per heavy atom. The first-order valence-electron chi connectivity index (χ1n) is 8.71. The predicted molar refractivity (Wildman–Crippen MR) is 102 cm³/mol. The minimum absolute atomic E-state index is 0.0419. The topological polar surface area (TPSA) is 88.4 Å². The van der Waals surface area contributed by atoms with E-state index in [1.54, 1.807) is 43.3 Å². The third-order valence-electron chi connectivity index (χ3n) is 4.12. The Kier molecular flexibility index (Phi) is 5.66. The number of ketones is 1. The van der Waals surface area contributed by atoms with Gasteiger partial charge in [-0.15, -0.1) is 0 Å². The normalized spacial score (nSPS) is 11.7. The number of rotatable bonds is 7. The second-order valence-electron chi connectivity index (χ2n) is 6.30. The van der Waals surface area contributed by atoms with Crippen molar-refractivity contribution in [1.29, 1.82) is 0 Å². The molecule has 0 saturated carbocycles. The summed E-state index contributed by atoms with van der Waals surface area (Å²) >= 11 is 0. The fraction of sp³-hybridized carbons (Fsp3) is 0.190. The van der Waals surface area contributed by atoms with Crippen molar-refractivity contribution in [1.82, 2.24) is 5.32 Å². The van der Waals surface area contributed by atoms with E-state index in [1.165, 1.54) is 0 Å². The molecule has 2 N–H and O–H groups in total. The maximum Gasteiger partial charge on any atom is 0.291 e. The molecule has 6 nitrogen and oxygen atoms in total. The average Bonchev–Trinajstić information content (AvgIpc) is 3.11. The Labute approximate surface area is 156 Å². The van der Waals surface area contributed by atoms with Crippen molar-refractivity contribution in [3.8, 4) is 0 Å². The van der Waals surface area contributed by atoms with Crippen molar-refractivity contribution >= 4 is 34.3 Å². The number of nitrogens with one attached hydrogen (secondary N) is 2. The van der Waals surface area contributed by atoms with E-state index in [1.807, 2.05) is 24.3 Å². The van der Waals surface area contributed by atoms with E-state index in [-0.39, 0.29) is 24.1 Å². The molecule has 3 aromatic rings. The molecule has 0 unspecified atom stereocenters. The largest absolute Gasteiger partial charge is 0.451 e. The lowest BCUT2D eigenvalue weighted by atomic mass is 10.1. The number of furan rings is 1. The molecule has 1 heterocycles. The van der Waals surface area contributed by atoms with Crippen LogP contribution in [-0.2, 0) is 9.59 Å². The van der Waals surface area contributed by atoms with Gasteiger partial charge in [0.2, 0.25) is 5.78 Å². The zero-order valence-electron chi connectivity index (χ0n) is 14.9. The van der Waals surface area contributed by atoms with Gasteiger partial charge in [-0.2, -0.15) is 0 Å². The minimum Gasteiger partial charge on any atom is -0.451 e. The second kappa shape index (κ2) is 8.31. The van der Waals surface area contributed by atoms with Gasteiger partial charge in [0.25, 0.3) is 11.8 Å². The third-order valence-corrected chi connectivity index (χ3v) is 4.12. The van der Waals surface area contributed by atoms with Crippen molar-refractivity contribution in [3.05, 3.63) is 66.4 Å². The van der Waals surface area contributed by atoms with Gasteiger partial charge in [-0.05, 0) is 37.6 Å². The summed E-state index contributed by atoms with van der Waals surface area (Å²) in [5.74, 6) is -1.31. The Bertz CT molecular complexity index is 929. The number of para-hydroxylation sites is 2. The fourth-order valence-electron chi connectivity index (χ4n) is 2.64. The van der Waals surface area contributed by atoms with E-state index in [0.717, 1.165) is 5.39 Å². The van der Waals surface area contributed by atoms with Crippen LogP contribution >= 0.6 is 0 Å². The molecule has 2 amide bonds. The number of hydrogen-bond donors (Lipinski definition) is 2. The smallest absolute Gasteiger partial charge is 0.291 e. The van der Waals surface area contributed by atoms with E-state index in [0.29, 0.717) is 17.7 Å². The van der Waals surface area contributed by atoms with E-state index < -0.39 is 11.7 Å². The van der Waals surface area contributed by atoms with Gasteiger partial charge in [-0.1, -0.05) is 36.4 Å². The monoisotopic (exact) mass is 364 g/mol. The van der Waals surface area contributed by atoms with E-state index in [2.05, 4.69) is 10.6 Å². The SMILES string of the molecule is C[C@H](CCC(=O)C(=O)Nc1ccccc1)NC(=O)c1cc2ccccc2o1. The van der Waals surface area contributed by atoms with Crippen LogP contribution in [0.1, 0.15) is 30.3 Å². The van der Waals surface area contributed by atoms with Crippen LogP contribution < -0.4 is 10.6 Å². The van der Waals surface area contributed by atoms with Crippen molar-refractivity contribution in [3.63, 3.8) is 0 Å². The molecule has 0 saturated heterocycles. The summed E-state index contributed by atoms with van der Waals surface area (Å²) in [4.78, 5) is 36.2. The van der Waals surface area contributed by atoms with Crippen LogP contribution in [0.5, 0.6) is 0 Å². The Balaban J connectivity index is 1.48. The Hall–Kier alpha value is -3.41. The highest BCUT2D eigenvalue weighted by Crippen LogP contribution is 2.18. The molecule has 0 spiro atoms. The highest BCUT2D eigenvalue weighted by atomic mass is 16.3. The molecule has 0 aliphatic heterocycles. The molecule has 0 fully saturated rings. The molecular formula is C21H20N2O4.